The molecule has 0 aliphatic carbocycles. The van der Waals surface area contributed by atoms with Crippen LogP contribution in [-0.4, -0.2) is 20.3 Å². The molecule has 2 nitrogen and oxygen atoms in total. The van der Waals surface area contributed by atoms with E-state index < -0.39 is 17.6 Å². The summed E-state index contributed by atoms with van der Waals surface area (Å²) in [7, 11) is 1.59. The van der Waals surface area contributed by atoms with Crippen LogP contribution in [0.25, 0.3) is 0 Å². The van der Waals surface area contributed by atoms with Crippen molar-refractivity contribution in [2.45, 2.75) is 19.6 Å². The third-order valence-corrected chi connectivity index (χ3v) is 2.61. The average molecular weight is 279 g/mol. The minimum atomic E-state index is -4.66. The summed E-state index contributed by atoms with van der Waals surface area (Å²) in [6, 6.07) is 3.03. The Morgan fingerprint density at radius 1 is 1.32 bits per heavy atom. The molecule has 1 rings (SSSR count). The molecule has 0 aliphatic rings. The van der Waals surface area contributed by atoms with Crippen molar-refractivity contribution in [1.82, 2.24) is 5.32 Å². The van der Waals surface area contributed by atoms with Crippen LogP contribution in [0.3, 0.4) is 0 Å². The minimum absolute atomic E-state index is 0.257. The maximum Gasteiger partial charge on any atom is 0.419 e. The van der Waals surface area contributed by atoms with Crippen LogP contribution >= 0.6 is 0 Å². The van der Waals surface area contributed by atoms with Gasteiger partial charge in [0.25, 0.3) is 0 Å². The van der Waals surface area contributed by atoms with Gasteiger partial charge < -0.3 is 10.1 Å². The highest BCUT2D eigenvalue weighted by Gasteiger charge is 2.34. The fourth-order valence-corrected chi connectivity index (χ4v) is 1.71. The Balaban J connectivity index is 2.60. The van der Waals surface area contributed by atoms with Crippen molar-refractivity contribution in [1.29, 1.82) is 0 Å². The Hall–Kier alpha value is -1.14. The molecule has 19 heavy (non-hydrogen) atoms. The first-order valence-electron chi connectivity index (χ1n) is 5.90. The molecule has 1 aromatic carbocycles. The van der Waals surface area contributed by atoms with Crippen LogP contribution in [0.15, 0.2) is 18.2 Å². The van der Waals surface area contributed by atoms with E-state index in [4.69, 9.17) is 4.74 Å². The zero-order valence-corrected chi connectivity index (χ0v) is 10.9. The third-order valence-electron chi connectivity index (χ3n) is 2.61. The molecule has 1 unspecified atom stereocenters. The highest BCUT2D eigenvalue weighted by atomic mass is 19.4. The van der Waals surface area contributed by atoms with Gasteiger partial charge in [0.1, 0.15) is 5.82 Å². The Bertz CT molecular complexity index is 406. The van der Waals surface area contributed by atoms with E-state index in [9.17, 15) is 17.6 Å². The molecule has 1 atom stereocenters. The summed E-state index contributed by atoms with van der Waals surface area (Å²) in [6.45, 7) is 3.41. The summed E-state index contributed by atoms with van der Waals surface area (Å²) in [5, 5.41) is 3.01. The van der Waals surface area contributed by atoms with E-state index in [0.29, 0.717) is 18.7 Å². The SMILES string of the molecule is COCC(C)CNCc1ccc(F)c(C(F)(F)F)c1. The van der Waals surface area contributed by atoms with E-state index in [1.165, 1.54) is 6.07 Å². The van der Waals surface area contributed by atoms with Crippen LogP contribution in [0.1, 0.15) is 18.1 Å². The Morgan fingerprint density at radius 2 is 2.00 bits per heavy atom. The molecule has 0 radical (unpaired) electrons. The van der Waals surface area contributed by atoms with Gasteiger partial charge >= 0.3 is 6.18 Å². The van der Waals surface area contributed by atoms with Gasteiger partial charge in [-0.15, -0.1) is 0 Å². The normalized spacial score (nSPS) is 13.6. The lowest BCUT2D eigenvalue weighted by atomic mass is 10.1. The summed E-state index contributed by atoms with van der Waals surface area (Å²) in [5.41, 5.74) is -0.824. The Kier molecular flexibility index (Phi) is 5.75. The van der Waals surface area contributed by atoms with Crippen LogP contribution in [0.2, 0.25) is 0 Å². The molecule has 1 aromatic rings. The highest BCUT2D eigenvalue weighted by molar-refractivity contribution is 5.27. The van der Waals surface area contributed by atoms with Gasteiger partial charge in [0.15, 0.2) is 0 Å². The van der Waals surface area contributed by atoms with Crippen molar-refractivity contribution in [3.05, 3.63) is 35.1 Å². The van der Waals surface area contributed by atoms with Crippen LogP contribution in [0, 0.1) is 11.7 Å². The second-order valence-electron chi connectivity index (χ2n) is 4.50. The van der Waals surface area contributed by atoms with Crippen molar-refractivity contribution >= 4 is 0 Å². The molecule has 0 saturated heterocycles. The first kappa shape index (κ1) is 15.9. The first-order valence-corrected chi connectivity index (χ1v) is 5.90. The highest BCUT2D eigenvalue weighted by Crippen LogP contribution is 2.31. The number of halogens is 4. The smallest absolute Gasteiger partial charge is 0.384 e. The summed E-state index contributed by atoms with van der Waals surface area (Å²) < 4.78 is 55.5. The zero-order valence-electron chi connectivity index (χ0n) is 10.9. The molecule has 0 aromatic heterocycles. The molecule has 0 bridgehead atoms. The number of benzene rings is 1. The number of alkyl halides is 3. The topological polar surface area (TPSA) is 21.3 Å². The van der Waals surface area contributed by atoms with E-state index in [1.54, 1.807) is 7.11 Å². The zero-order chi connectivity index (χ0) is 14.5. The molecule has 1 N–H and O–H groups in total. The molecule has 0 fully saturated rings. The van der Waals surface area contributed by atoms with Gasteiger partial charge in [-0.1, -0.05) is 13.0 Å². The number of rotatable bonds is 6. The van der Waals surface area contributed by atoms with E-state index >= 15 is 0 Å². The number of ether oxygens (including phenoxy) is 1. The molecule has 0 saturated carbocycles. The maximum absolute atomic E-state index is 13.1. The van der Waals surface area contributed by atoms with Gasteiger partial charge in [0.05, 0.1) is 5.56 Å². The molecule has 0 amide bonds. The summed E-state index contributed by atoms with van der Waals surface area (Å²) in [6.07, 6.45) is -4.66. The quantitative estimate of drug-likeness (QED) is 0.807. The fourth-order valence-electron chi connectivity index (χ4n) is 1.71. The lowest BCUT2D eigenvalue weighted by molar-refractivity contribution is -0.140. The van der Waals surface area contributed by atoms with Crippen molar-refractivity contribution in [2.75, 3.05) is 20.3 Å². The van der Waals surface area contributed by atoms with E-state index in [0.717, 1.165) is 12.1 Å². The second-order valence-corrected chi connectivity index (χ2v) is 4.50. The molecule has 108 valence electrons. The minimum Gasteiger partial charge on any atom is -0.384 e. The third kappa shape index (κ3) is 5.16. The number of hydrogen-bond acceptors (Lipinski definition) is 2. The van der Waals surface area contributed by atoms with Crippen molar-refractivity contribution in [3.8, 4) is 0 Å². The lowest BCUT2D eigenvalue weighted by Gasteiger charge is -2.13. The van der Waals surface area contributed by atoms with Gasteiger partial charge in [0.2, 0.25) is 0 Å². The Morgan fingerprint density at radius 3 is 2.58 bits per heavy atom. The summed E-state index contributed by atoms with van der Waals surface area (Å²) in [5.74, 6) is -0.989. The first-order chi connectivity index (χ1) is 8.84. The van der Waals surface area contributed by atoms with Gasteiger partial charge in [-0.25, -0.2) is 4.39 Å². The molecular weight excluding hydrogens is 262 g/mol. The van der Waals surface area contributed by atoms with Crippen molar-refractivity contribution < 1.29 is 22.3 Å². The van der Waals surface area contributed by atoms with Crippen LogP contribution < -0.4 is 5.32 Å². The Labute approximate surface area is 109 Å². The average Bonchev–Trinajstić information content (AvgIpc) is 2.30. The maximum atomic E-state index is 13.1. The van der Waals surface area contributed by atoms with Gasteiger partial charge in [0, 0.05) is 26.8 Å². The van der Waals surface area contributed by atoms with Crippen LogP contribution in [0.5, 0.6) is 0 Å². The van der Waals surface area contributed by atoms with Crippen LogP contribution in [-0.2, 0) is 17.5 Å². The lowest BCUT2D eigenvalue weighted by Crippen LogP contribution is -2.23. The van der Waals surface area contributed by atoms with E-state index in [-0.39, 0.29) is 12.5 Å². The predicted molar refractivity (Wildman–Crippen MR) is 64.1 cm³/mol. The molecule has 0 aliphatic heterocycles. The standard InChI is InChI=1S/C13H17F4NO/c1-9(8-19-2)6-18-7-10-3-4-12(14)11(5-10)13(15,16)17/h3-5,9,18H,6-8H2,1-2H3. The second kappa shape index (κ2) is 6.86. The number of hydrogen-bond donors (Lipinski definition) is 1. The fraction of sp³-hybridized carbons (Fsp3) is 0.538. The van der Waals surface area contributed by atoms with Gasteiger partial charge in [-0.2, -0.15) is 13.2 Å². The number of nitrogens with one attached hydrogen (secondary N) is 1. The number of methoxy groups -OCH3 is 1. The van der Waals surface area contributed by atoms with Gasteiger partial charge in [-0.3, -0.25) is 0 Å². The van der Waals surface area contributed by atoms with E-state index in [2.05, 4.69) is 5.32 Å². The van der Waals surface area contributed by atoms with Crippen LogP contribution in [0.4, 0.5) is 17.6 Å². The monoisotopic (exact) mass is 279 g/mol. The predicted octanol–water partition coefficient (Wildman–Crippen LogP) is 3.22. The largest absolute Gasteiger partial charge is 0.419 e. The molecular formula is C13H17F4NO. The van der Waals surface area contributed by atoms with E-state index in [1.807, 2.05) is 6.92 Å². The summed E-state index contributed by atoms with van der Waals surface area (Å²) in [4.78, 5) is 0. The van der Waals surface area contributed by atoms with Gasteiger partial charge in [-0.05, 0) is 23.6 Å². The molecule has 0 spiro atoms. The van der Waals surface area contributed by atoms with Crippen molar-refractivity contribution in [2.24, 2.45) is 5.92 Å². The summed E-state index contributed by atoms with van der Waals surface area (Å²) >= 11 is 0. The molecule has 0 heterocycles. The molecule has 6 heteroatoms. The van der Waals surface area contributed by atoms with Crippen molar-refractivity contribution in [3.63, 3.8) is 0 Å².